The maximum absolute atomic E-state index is 5.29. The van der Waals surface area contributed by atoms with E-state index in [2.05, 4.69) is 23.8 Å². The molecule has 96 valence electrons. The molecule has 3 nitrogen and oxygen atoms in total. The van der Waals surface area contributed by atoms with E-state index in [4.69, 9.17) is 4.74 Å². The van der Waals surface area contributed by atoms with Crippen LogP contribution in [0.5, 0.6) is 0 Å². The number of rotatable bonds is 5. The molecule has 19 heavy (non-hydrogen) atoms. The SMILES string of the molecule is C=C1C=CC=C1/C=N/N(CC1CO1)c1ccccc1. The molecule has 1 aliphatic heterocycles. The fourth-order valence-electron chi connectivity index (χ4n) is 1.91. The van der Waals surface area contributed by atoms with Gasteiger partial charge in [0.05, 0.1) is 25.1 Å². The van der Waals surface area contributed by atoms with E-state index in [1.807, 2.05) is 47.7 Å². The molecule has 1 unspecified atom stereocenters. The predicted molar refractivity (Wildman–Crippen MR) is 78.4 cm³/mol. The van der Waals surface area contributed by atoms with Crippen LogP contribution in [-0.2, 0) is 4.74 Å². The van der Waals surface area contributed by atoms with Gasteiger partial charge in [0.25, 0.3) is 0 Å². The van der Waals surface area contributed by atoms with Crippen molar-refractivity contribution in [3.05, 3.63) is 66.3 Å². The van der Waals surface area contributed by atoms with Crippen molar-refractivity contribution in [3.8, 4) is 0 Å². The number of benzene rings is 1. The first kappa shape index (κ1) is 11.9. The van der Waals surface area contributed by atoms with Gasteiger partial charge in [-0.15, -0.1) is 0 Å². The molecule has 1 atom stereocenters. The van der Waals surface area contributed by atoms with Crippen LogP contribution in [-0.4, -0.2) is 25.5 Å². The Hall–Kier alpha value is -2.13. The number of hydrazone groups is 1. The Morgan fingerprint density at radius 2 is 2.16 bits per heavy atom. The number of ether oxygens (including phenoxy) is 1. The van der Waals surface area contributed by atoms with Crippen LogP contribution >= 0.6 is 0 Å². The fraction of sp³-hybridized carbons (Fsp3) is 0.188. The van der Waals surface area contributed by atoms with E-state index in [0.717, 1.165) is 30.0 Å². The third-order valence-corrected chi connectivity index (χ3v) is 3.11. The Kier molecular flexibility index (Phi) is 3.29. The zero-order valence-electron chi connectivity index (χ0n) is 10.7. The number of hydrogen-bond acceptors (Lipinski definition) is 3. The van der Waals surface area contributed by atoms with Gasteiger partial charge in [-0.2, -0.15) is 5.10 Å². The van der Waals surface area contributed by atoms with Crippen molar-refractivity contribution in [3.63, 3.8) is 0 Å². The lowest BCUT2D eigenvalue weighted by molar-refractivity contribution is 0.408. The van der Waals surface area contributed by atoms with Crippen LogP contribution < -0.4 is 5.01 Å². The molecule has 1 fully saturated rings. The number of epoxide rings is 1. The molecule has 0 aromatic heterocycles. The Morgan fingerprint density at radius 1 is 1.37 bits per heavy atom. The van der Waals surface area contributed by atoms with Gasteiger partial charge in [-0.25, -0.2) is 0 Å². The van der Waals surface area contributed by atoms with Crippen LogP contribution in [0, 0.1) is 0 Å². The lowest BCUT2D eigenvalue weighted by atomic mass is 10.2. The predicted octanol–water partition coefficient (Wildman–Crippen LogP) is 2.93. The van der Waals surface area contributed by atoms with Gasteiger partial charge in [0.2, 0.25) is 0 Å². The molecule has 2 aliphatic rings. The summed E-state index contributed by atoms with van der Waals surface area (Å²) in [6.45, 7) is 5.58. The molecule has 0 saturated carbocycles. The highest BCUT2D eigenvalue weighted by molar-refractivity contribution is 5.88. The highest BCUT2D eigenvalue weighted by Gasteiger charge is 2.25. The molecule has 1 saturated heterocycles. The highest BCUT2D eigenvalue weighted by Crippen LogP contribution is 2.20. The summed E-state index contributed by atoms with van der Waals surface area (Å²) in [4.78, 5) is 0. The number of nitrogens with zero attached hydrogens (tertiary/aromatic N) is 2. The third-order valence-electron chi connectivity index (χ3n) is 3.11. The minimum absolute atomic E-state index is 0.302. The van der Waals surface area contributed by atoms with Gasteiger partial charge in [-0.05, 0) is 17.7 Å². The standard InChI is InChI=1S/C16H16N2O/c1-13-6-5-7-14(13)10-17-18(11-16-12-19-16)15-8-3-2-4-9-15/h2-10,16H,1,11-12H2/b17-10+. The topological polar surface area (TPSA) is 28.1 Å². The lowest BCUT2D eigenvalue weighted by Gasteiger charge is -2.18. The monoisotopic (exact) mass is 252 g/mol. The molecular formula is C16H16N2O. The van der Waals surface area contributed by atoms with E-state index in [1.165, 1.54) is 0 Å². The summed E-state index contributed by atoms with van der Waals surface area (Å²) < 4.78 is 5.29. The average Bonchev–Trinajstić information content (AvgIpc) is 3.17. The van der Waals surface area contributed by atoms with Crippen molar-refractivity contribution in [2.45, 2.75) is 6.10 Å². The molecule has 0 spiro atoms. The maximum atomic E-state index is 5.29. The molecule has 1 aromatic rings. The average molecular weight is 252 g/mol. The van der Waals surface area contributed by atoms with Crippen LogP contribution in [0.25, 0.3) is 0 Å². The van der Waals surface area contributed by atoms with Crippen LogP contribution in [0.15, 0.2) is 71.4 Å². The quantitative estimate of drug-likeness (QED) is 0.458. The van der Waals surface area contributed by atoms with Crippen LogP contribution in [0.1, 0.15) is 0 Å². The molecule has 0 N–H and O–H groups in total. The Balaban J connectivity index is 1.76. The van der Waals surface area contributed by atoms with E-state index in [0.29, 0.717) is 6.10 Å². The summed E-state index contributed by atoms with van der Waals surface area (Å²) in [6, 6.07) is 10.1. The van der Waals surface area contributed by atoms with E-state index < -0.39 is 0 Å². The third kappa shape index (κ3) is 3.01. The van der Waals surface area contributed by atoms with Crippen molar-refractivity contribution in [2.24, 2.45) is 5.10 Å². The van der Waals surface area contributed by atoms with Crippen LogP contribution in [0.3, 0.4) is 0 Å². The fourth-order valence-corrected chi connectivity index (χ4v) is 1.91. The normalized spacial score (nSPS) is 20.9. The zero-order valence-corrected chi connectivity index (χ0v) is 10.7. The van der Waals surface area contributed by atoms with Gasteiger partial charge in [0, 0.05) is 5.57 Å². The molecule has 1 aromatic carbocycles. The Labute approximate surface area is 113 Å². The second-order valence-corrected chi connectivity index (χ2v) is 4.62. The molecule has 1 heterocycles. The van der Waals surface area contributed by atoms with Crippen molar-refractivity contribution >= 4 is 11.9 Å². The molecule has 0 radical (unpaired) electrons. The lowest BCUT2D eigenvalue weighted by Crippen LogP contribution is -2.22. The summed E-state index contributed by atoms with van der Waals surface area (Å²) in [5.41, 5.74) is 3.13. The van der Waals surface area contributed by atoms with Gasteiger partial charge in [0.15, 0.2) is 0 Å². The number of para-hydroxylation sites is 1. The van der Waals surface area contributed by atoms with Crippen LogP contribution in [0.2, 0.25) is 0 Å². The molecule has 0 amide bonds. The Bertz CT molecular complexity index is 553. The summed E-state index contributed by atoms with van der Waals surface area (Å²) >= 11 is 0. The van der Waals surface area contributed by atoms with Gasteiger partial charge < -0.3 is 4.74 Å². The summed E-state index contributed by atoms with van der Waals surface area (Å²) in [7, 11) is 0. The van der Waals surface area contributed by atoms with Gasteiger partial charge in [-0.1, -0.05) is 43.0 Å². The minimum Gasteiger partial charge on any atom is -0.371 e. The first-order valence-electron chi connectivity index (χ1n) is 6.39. The van der Waals surface area contributed by atoms with Crippen molar-refractivity contribution in [2.75, 3.05) is 18.2 Å². The first-order chi connectivity index (χ1) is 9.33. The second kappa shape index (κ2) is 5.24. The van der Waals surface area contributed by atoms with Gasteiger partial charge in [0.1, 0.15) is 6.10 Å². The highest BCUT2D eigenvalue weighted by atomic mass is 16.6. The minimum atomic E-state index is 0.302. The van der Waals surface area contributed by atoms with E-state index in [1.54, 1.807) is 0 Å². The molecule has 0 bridgehead atoms. The zero-order chi connectivity index (χ0) is 13.1. The second-order valence-electron chi connectivity index (χ2n) is 4.62. The maximum Gasteiger partial charge on any atom is 0.101 e. The van der Waals surface area contributed by atoms with Crippen molar-refractivity contribution < 1.29 is 4.74 Å². The Morgan fingerprint density at radius 3 is 2.79 bits per heavy atom. The number of allylic oxidation sites excluding steroid dienone is 5. The van der Waals surface area contributed by atoms with Crippen molar-refractivity contribution in [1.29, 1.82) is 0 Å². The first-order valence-corrected chi connectivity index (χ1v) is 6.39. The summed E-state index contributed by atoms with van der Waals surface area (Å²) in [5.74, 6) is 0. The molecule has 3 heteroatoms. The molecular weight excluding hydrogens is 236 g/mol. The van der Waals surface area contributed by atoms with Gasteiger partial charge in [-0.3, -0.25) is 5.01 Å². The van der Waals surface area contributed by atoms with Gasteiger partial charge >= 0.3 is 0 Å². The molecule has 3 rings (SSSR count). The van der Waals surface area contributed by atoms with E-state index in [-0.39, 0.29) is 0 Å². The van der Waals surface area contributed by atoms with E-state index in [9.17, 15) is 0 Å². The van der Waals surface area contributed by atoms with Crippen molar-refractivity contribution in [1.82, 2.24) is 0 Å². The smallest absolute Gasteiger partial charge is 0.101 e. The largest absolute Gasteiger partial charge is 0.371 e. The van der Waals surface area contributed by atoms with E-state index >= 15 is 0 Å². The number of hydrogen-bond donors (Lipinski definition) is 0. The summed E-state index contributed by atoms with van der Waals surface area (Å²) in [5, 5.41) is 6.54. The van der Waals surface area contributed by atoms with Crippen LogP contribution in [0.4, 0.5) is 5.69 Å². The molecule has 1 aliphatic carbocycles. The summed E-state index contributed by atoms with van der Waals surface area (Å²) in [6.07, 6.45) is 8.15. The number of anilines is 1.